The van der Waals surface area contributed by atoms with Gasteiger partial charge in [-0.1, -0.05) is 11.8 Å². The molecular weight excluding hydrogens is 366 g/mol. The molecule has 2 aliphatic rings. The zero-order valence-electron chi connectivity index (χ0n) is 15.5. The molecule has 0 saturated carbocycles. The number of hydrogen-bond acceptors (Lipinski definition) is 5. The second-order valence-electron chi connectivity index (χ2n) is 7.08. The van der Waals surface area contributed by atoms with Crippen molar-refractivity contribution >= 4 is 29.5 Å². The number of aromatic nitrogens is 1. The van der Waals surface area contributed by atoms with Gasteiger partial charge in [0.15, 0.2) is 0 Å². The summed E-state index contributed by atoms with van der Waals surface area (Å²) < 4.78 is 0. The first-order chi connectivity index (χ1) is 13.0. The van der Waals surface area contributed by atoms with Gasteiger partial charge in [0.05, 0.1) is 16.7 Å². The van der Waals surface area contributed by atoms with Gasteiger partial charge >= 0.3 is 5.97 Å². The fraction of sp³-hybridized carbons (Fsp3) is 0.579. The van der Waals surface area contributed by atoms with Crippen LogP contribution in [0, 0.1) is 5.92 Å². The van der Waals surface area contributed by atoms with Crippen LogP contribution < -0.4 is 0 Å². The molecule has 8 heteroatoms. The van der Waals surface area contributed by atoms with Crippen LogP contribution in [0.25, 0.3) is 0 Å². The maximum atomic E-state index is 13.0. The van der Waals surface area contributed by atoms with Crippen molar-refractivity contribution in [3.63, 3.8) is 0 Å². The van der Waals surface area contributed by atoms with Crippen molar-refractivity contribution in [2.45, 2.75) is 42.9 Å². The molecule has 0 bridgehead atoms. The highest BCUT2D eigenvalue weighted by atomic mass is 32.2. The third-order valence-corrected chi connectivity index (χ3v) is 6.22. The number of amides is 2. The highest BCUT2D eigenvalue weighted by Crippen LogP contribution is 2.28. The van der Waals surface area contributed by atoms with Crippen LogP contribution in [0.2, 0.25) is 0 Å². The SMILES string of the molecule is CC(Sc1ncccc1C(=O)N1CCCC(C(=O)O)C1)C(=O)N1CCCC1. The van der Waals surface area contributed by atoms with Crippen molar-refractivity contribution in [2.75, 3.05) is 26.2 Å². The predicted molar refractivity (Wildman–Crippen MR) is 102 cm³/mol. The van der Waals surface area contributed by atoms with Gasteiger partial charge in [0.2, 0.25) is 5.91 Å². The highest BCUT2D eigenvalue weighted by Gasteiger charge is 2.31. The number of hydrogen-bond donors (Lipinski definition) is 1. The molecule has 2 amide bonds. The largest absolute Gasteiger partial charge is 0.481 e. The number of carbonyl (C=O) groups excluding carboxylic acids is 2. The molecule has 2 saturated heterocycles. The fourth-order valence-corrected chi connectivity index (χ4v) is 4.58. The molecule has 2 aliphatic heterocycles. The standard InChI is InChI=1S/C19H25N3O4S/c1-13(17(23)21-9-2-3-10-21)27-16-15(7-4-8-20-16)18(24)22-11-5-6-14(12-22)19(25)26/h4,7-8,13-14H,2-3,5-6,9-12H2,1H3,(H,25,26). The Labute approximate surface area is 163 Å². The van der Waals surface area contributed by atoms with Crippen LogP contribution >= 0.6 is 11.8 Å². The van der Waals surface area contributed by atoms with E-state index in [-0.39, 0.29) is 23.6 Å². The predicted octanol–water partition coefficient (Wildman–Crippen LogP) is 2.12. The van der Waals surface area contributed by atoms with Gasteiger partial charge in [-0.15, -0.1) is 0 Å². The summed E-state index contributed by atoms with van der Waals surface area (Å²) in [5.74, 6) is -1.52. The number of rotatable bonds is 5. The van der Waals surface area contributed by atoms with Crippen LogP contribution in [0.4, 0.5) is 0 Å². The number of piperidine rings is 1. The zero-order chi connectivity index (χ0) is 19.4. The lowest BCUT2D eigenvalue weighted by atomic mass is 9.98. The van der Waals surface area contributed by atoms with E-state index in [0.29, 0.717) is 30.0 Å². The molecule has 2 fully saturated rings. The van der Waals surface area contributed by atoms with E-state index in [4.69, 9.17) is 0 Å². The fourth-order valence-electron chi connectivity index (χ4n) is 3.59. The lowest BCUT2D eigenvalue weighted by Crippen LogP contribution is -2.42. The van der Waals surface area contributed by atoms with Gasteiger partial charge in [-0.05, 0) is 44.7 Å². The molecule has 1 aromatic rings. The summed E-state index contributed by atoms with van der Waals surface area (Å²) in [4.78, 5) is 44.6. The maximum Gasteiger partial charge on any atom is 0.308 e. The van der Waals surface area contributed by atoms with Gasteiger partial charge in [0.1, 0.15) is 5.03 Å². The van der Waals surface area contributed by atoms with E-state index < -0.39 is 11.9 Å². The van der Waals surface area contributed by atoms with E-state index in [2.05, 4.69) is 4.98 Å². The third-order valence-electron chi connectivity index (χ3n) is 5.11. The van der Waals surface area contributed by atoms with Crippen molar-refractivity contribution in [2.24, 2.45) is 5.92 Å². The Balaban J connectivity index is 1.72. The number of carboxylic acids is 1. The minimum absolute atomic E-state index is 0.0745. The molecular formula is C19H25N3O4S. The highest BCUT2D eigenvalue weighted by molar-refractivity contribution is 8.00. The molecule has 3 heterocycles. The topological polar surface area (TPSA) is 90.8 Å². The van der Waals surface area contributed by atoms with Crippen molar-refractivity contribution in [1.29, 1.82) is 0 Å². The summed E-state index contributed by atoms with van der Waals surface area (Å²) in [6, 6.07) is 3.40. The molecule has 2 atom stereocenters. The van der Waals surface area contributed by atoms with Gasteiger partial charge in [0, 0.05) is 32.4 Å². The number of carboxylic acid groups (broad SMARTS) is 1. The summed E-state index contributed by atoms with van der Waals surface area (Å²) in [6.07, 6.45) is 4.96. The number of likely N-dealkylation sites (tertiary alicyclic amines) is 2. The van der Waals surface area contributed by atoms with Crippen molar-refractivity contribution in [3.05, 3.63) is 23.9 Å². The number of aliphatic carboxylic acids is 1. The monoisotopic (exact) mass is 391 g/mol. The van der Waals surface area contributed by atoms with Crippen molar-refractivity contribution in [3.8, 4) is 0 Å². The quantitative estimate of drug-likeness (QED) is 0.773. The van der Waals surface area contributed by atoms with E-state index in [1.54, 1.807) is 23.2 Å². The van der Waals surface area contributed by atoms with Crippen LogP contribution in [-0.4, -0.2) is 69.1 Å². The van der Waals surface area contributed by atoms with Crippen LogP contribution in [0.1, 0.15) is 43.0 Å². The van der Waals surface area contributed by atoms with Gasteiger partial charge in [-0.3, -0.25) is 14.4 Å². The van der Waals surface area contributed by atoms with Crippen LogP contribution in [0.15, 0.2) is 23.4 Å². The lowest BCUT2D eigenvalue weighted by Gasteiger charge is -2.31. The summed E-state index contributed by atoms with van der Waals surface area (Å²) in [6.45, 7) is 4.19. The van der Waals surface area contributed by atoms with Crippen LogP contribution in [0.3, 0.4) is 0 Å². The van der Waals surface area contributed by atoms with Crippen molar-refractivity contribution in [1.82, 2.24) is 14.8 Å². The molecule has 2 unspecified atom stereocenters. The Kier molecular flexibility index (Phi) is 6.36. The Morgan fingerprint density at radius 3 is 2.59 bits per heavy atom. The van der Waals surface area contributed by atoms with E-state index in [1.165, 1.54) is 11.8 Å². The zero-order valence-corrected chi connectivity index (χ0v) is 16.3. The minimum Gasteiger partial charge on any atom is -0.481 e. The summed E-state index contributed by atoms with van der Waals surface area (Å²) >= 11 is 1.30. The second-order valence-corrected chi connectivity index (χ2v) is 8.41. The van der Waals surface area contributed by atoms with Gasteiger partial charge in [-0.2, -0.15) is 0 Å². The summed E-state index contributed by atoms with van der Waals surface area (Å²) in [7, 11) is 0. The number of pyridine rings is 1. The number of thioether (sulfide) groups is 1. The van der Waals surface area contributed by atoms with Crippen LogP contribution in [-0.2, 0) is 9.59 Å². The Bertz CT molecular complexity index is 721. The molecule has 27 heavy (non-hydrogen) atoms. The van der Waals surface area contributed by atoms with E-state index in [0.717, 1.165) is 25.9 Å². The molecule has 3 rings (SSSR count). The third kappa shape index (κ3) is 4.61. The number of carbonyl (C=O) groups is 3. The molecule has 1 aromatic heterocycles. The first-order valence-corrected chi connectivity index (χ1v) is 10.3. The molecule has 0 radical (unpaired) electrons. The molecule has 0 aliphatic carbocycles. The van der Waals surface area contributed by atoms with Crippen LogP contribution in [0.5, 0.6) is 0 Å². The summed E-state index contributed by atoms with van der Waals surface area (Å²) in [5.41, 5.74) is 0.439. The Morgan fingerprint density at radius 1 is 1.19 bits per heavy atom. The molecule has 7 nitrogen and oxygen atoms in total. The van der Waals surface area contributed by atoms with E-state index in [9.17, 15) is 19.5 Å². The van der Waals surface area contributed by atoms with Gasteiger partial charge in [-0.25, -0.2) is 4.98 Å². The average Bonchev–Trinajstić information content (AvgIpc) is 3.22. The number of nitrogens with zero attached hydrogens (tertiary/aromatic N) is 3. The molecule has 1 N–H and O–H groups in total. The normalized spacial score (nSPS) is 21.1. The molecule has 146 valence electrons. The van der Waals surface area contributed by atoms with Gasteiger partial charge in [0.25, 0.3) is 5.91 Å². The molecule has 0 spiro atoms. The maximum absolute atomic E-state index is 13.0. The first kappa shape index (κ1) is 19.7. The first-order valence-electron chi connectivity index (χ1n) is 9.40. The Morgan fingerprint density at radius 2 is 1.89 bits per heavy atom. The lowest BCUT2D eigenvalue weighted by molar-refractivity contribution is -0.143. The molecule has 0 aromatic carbocycles. The van der Waals surface area contributed by atoms with Gasteiger partial charge < -0.3 is 14.9 Å². The van der Waals surface area contributed by atoms with E-state index >= 15 is 0 Å². The second kappa shape index (κ2) is 8.73. The Hall–Kier alpha value is -2.09. The van der Waals surface area contributed by atoms with E-state index in [1.807, 2.05) is 11.8 Å². The smallest absolute Gasteiger partial charge is 0.308 e. The summed E-state index contributed by atoms with van der Waals surface area (Å²) in [5, 5.41) is 9.46. The van der Waals surface area contributed by atoms with Crippen molar-refractivity contribution < 1.29 is 19.5 Å². The minimum atomic E-state index is -0.863. The average molecular weight is 391 g/mol.